The van der Waals surface area contributed by atoms with Crippen LogP contribution in [-0.2, 0) is 0 Å². The number of methoxy groups -OCH3 is 1. The molecule has 1 N–H and O–H groups in total. The second kappa shape index (κ2) is 7.06. The van der Waals surface area contributed by atoms with E-state index < -0.39 is 0 Å². The molecule has 29 heavy (non-hydrogen) atoms. The molecule has 0 atom stereocenters. The lowest BCUT2D eigenvalue weighted by Gasteiger charge is -2.15. The Labute approximate surface area is 167 Å². The second-order valence-corrected chi connectivity index (χ2v) is 6.57. The maximum atomic E-state index is 9.95. The predicted molar refractivity (Wildman–Crippen MR) is 110 cm³/mol. The Kier molecular flexibility index (Phi) is 4.42. The monoisotopic (exact) mass is 380 g/mol. The van der Waals surface area contributed by atoms with Crippen LogP contribution < -0.4 is 4.74 Å². The summed E-state index contributed by atoms with van der Waals surface area (Å²) in [6.45, 7) is 10.9. The molecule has 0 amide bonds. The fourth-order valence-electron chi connectivity index (χ4n) is 3.52. The van der Waals surface area contributed by atoms with Crippen LogP contribution in [0.1, 0.15) is 16.7 Å². The van der Waals surface area contributed by atoms with Gasteiger partial charge in [-0.15, -0.1) is 6.57 Å². The van der Waals surface area contributed by atoms with E-state index in [0.717, 1.165) is 44.6 Å². The topological polar surface area (TPSA) is 91.8 Å². The van der Waals surface area contributed by atoms with Gasteiger partial charge in [-0.1, -0.05) is 6.07 Å². The number of benzene rings is 1. The van der Waals surface area contributed by atoms with Gasteiger partial charge in [-0.05, 0) is 42.7 Å². The molecule has 4 rings (SSSR count). The maximum absolute atomic E-state index is 9.95. The van der Waals surface area contributed by atoms with Gasteiger partial charge in [0.25, 0.3) is 0 Å². The third-order valence-electron chi connectivity index (χ3n) is 4.93. The standard InChI is InChI=1S/C22H16N6O/c1-12-5-6-19(29-4)13(2)20(12)17-11-25-21-15(16(17)8-23)7-18(28-21)14-9-26-22(24-3)27-10-14/h5-7,9-11H,1-2,4H3,(H,25,28). The summed E-state index contributed by atoms with van der Waals surface area (Å²) in [6, 6.07) is 8.11. The van der Waals surface area contributed by atoms with Gasteiger partial charge < -0.3 is 14.6 Å². The fourth-order valence-corrected chi connectivity index (χ4v) is 3.52. The van der Waals surface area contributed by atoms with Gasteiger partial charge in [-0.3, -0.25) is 0 Å². The van der Waals surface area contributed by atoms with E-state index in [1.807, 2.05) is 32.0 Å². The molecular formula is C22H16N6O. The molecule has 0 aliphatic heterocycles. The van der Waals surface area contributed by atoms with Crippen LogP contribution in [0.25, 0.3) is 38.3 Å². The lowest BCUT2D eigenvalue weighted by Crippen LogP contribution is -1.96. The summed E-state index contributed by atoms with van der Waals surface area (Å²) in [7, 11) is 1.63. The zero-order chi connectivity index (χ0) is 20.5. The zero-order valence-corrected chi connectivity index (χ0v) is 16.1. The Morgan fingerprint density at radius 1 is 1.14 bits per heavy atom. The number of H-pyrrole nitrogens is 1. The first kappa shape index (κ1) is 18.1. The molecule has 0 radical (unpaired) electrons. The van der Waals surface area contributed by atoms with Gasteiger partial charge in [0.15, 0.2) is 0 Å². The van der Waals surface area contributed by atoms with E-state index in [1.165, 1.54) is 0 Å². The molecule has 1 aromatic carbocycles. The third kappa shape index (κ3) is 2.95. The van der Waals surface area contributed by atoms with E-state index in [1.54, 1.807) is 25.7 Å². The van der Waals surface area contributed by atoms with E-state index in [0.29, 0.717) is 11.2 Å². The SMILES string of the molecule is [C-]#[N+]c1ncc(-c2cc3c(C#N)c(-c4c(C)ccc(OC)c4C)cnc3[nH]2)cn1. The third-order valence-corrected chi connectivity index (χ3v) is 4.93. The van der Waals surface area contributed by atoms with Crippen LogP contribution >= 0.6 is 0 Å². The first-order valence-corrected chi connectivity index (χ1v) is 8.83. The fraction of sp³-hybridized carbons (Fsp3) is 0.136. The van der Waals surface area contributed by atoms with E-state index >= 15 is 0 Å². The lowest BCUT2D eigenvalue weighted by atomic mass is 9.92. The number of nitrogens with one attached hydrogen (secondary N) is 1. The van der Waals surface area contributed by atoms with Crippen molar-refractivity contribution < 1.29 is 4.74 Å². The summed E-state index contributed by atoms with van der Waals surface area (Å²) in [4.78, 5) is 19.0. The Hall–Kier alpha value is -4.23. The van der Waals surface area contributed by atoms with Crippen LogP contribution in [0.5, 0.6) is 5.75 Å². The number of fused-ring (bicyclic) bond motifs is 1. The number of pyridine rings is 1. The van der Waals surface area contributed by atoms with E-state index in [-0.39, 0.29) is 5.95 Å². The molecule has 3 aromatic heterocycles. The summed E-state index contributed by atoms with van der Waals surface area (Å²) < 4.78 is 5.46. The van der Waals surface area contributed by atoms with Crippen molar-refractivity contribution >= 4 is 17.0 Å². The highest BCUT2D eigenvalue weighted by molar-refractivity contribution is 5.94. The number of nitriles is 1. The summed E-state index contributed by atoms with van der Waals surface area (Å²) in [5, 5.41) is 10.7. The van der Waals surface area contributed by atoms with Gasteiger partial charge in [0.05, 0.1) is 36.3 Å². The minimum atomic E-state index is 0.0898. The highest BCUT2D eigenvalue weighted by Crippen LogP contribution is 2.37. The van der Waals surface area contributed by atoms with Gasteiger partial charge in [0.2, 0.25) is 0 Å². The Morgan fingerprint density at radius 2 is 1.90 bits per heavy atom. The molecule has 0 bridgehead atoms. The molecule has 0 aliphatic carbocycles. The summed E-state index contributed by atoms with van der Waals surface area (Å²) >= 11 is 0. The first-order chi connectivity index (χ1) is 14.1. The van der Waals surface area contributed by atoms with Gasteiger partial charge in [-0.2, -0.15) is 15.2 Å². The zero-order valence-electron chi connectivity index (χ0n) is 16.1. The van der Waals surface area contributed by atoms with Crippen LogP contribution in [0.4, 0.5) is 5.95 Å². The van der Waals surface area contributed by atoms with Crippen molar-refractivity contribution in [3.05, 3.63) is 64.9 Å². The van der Waals surface area contributed by atoms with Gasteiger partial charge in [0.1, 0.15) is 17.5 Å². The van der Waals surface area contributed by atoms with Crippen molar-refractivity contribution in [2.45, 2.75) is 13.8 Å². The smallest absolute Gasteiger partial charge is 0.371 e. The predicted octanol–water partition coefficient (Wildman–Crippen LogP) is 4.73. The molecule has 3 heterocycles. The molecule has 0 saturated carbocycles. The number of hydrogen-bond donors (Lipinski definition) is 1. The molecule has 0 saturated heterocycles. The minimum Gasteiger partial charge on any atom is -0.496 e. The van der Waals surface area contributed by atoms with Crippen molar-refractivity contribution in [2.24, 2.45) is 0 Å². The molecule has 7 heteroatoms. The van der Waals surface area contributed by atoms with E-state index in [4.69, 9.17) is 11.3 Å². The van der Waals surface area contributed by atoms with Crippen LogP contribution in [0.2, 0.25) is 0 Å². The molecule has 0 unspecified atom stereocenters. The average molecular weight is 380 g/mol. The molecule has 140 valence electrons. The summed E-state index contributed by atoms with van der Waals surface area (Å²) in [6.07, 6.45) is 4.87. The van der Waals surface area contributed by atoms with E-state index in [9.17, 15) is 5.26 Å². The minimum absolute atomic E-state index is 0.0898. The number of aromatic nitrogens is 4. The van der Waals surface area contributed by atoms with Crippen molar-refractivity contribution in [3.63, 3.8) is 0 Å². The normalized spacial score (nSPS) is 10.5. The number of aryl methyl sites for hydroxylation is 1. The second-order valence-electron chi connectivity index (χ2n) is 6.57. The lowest BCUT2D eigenvalue weighted by molar-refractivity contribution is 0.412. The Balaban J connectivity index is 1.93. The van der Waals surface area contributed by atoms with Crippen LogP contribution in [0, 0.1) is 31.8 Å². The Morgan fingerprint density at radius 3 is 2.55 bits per heavy atom. The highest BCUT2D eigenvalue weighted by atomic mass is 16.5. The highest BCUT2D eigenvalue weighted by Gasteiger charge is 2.18. The van der Waals surface area contributed by atoms with Crippen molar-refractivity contribution in [2.75, 3.05) is 7.11 Å². The van der Waals surface area contributed by atoms with Crippen LogP contribution in [-0.4, -0.2) is 27.0 Å². The molecule has 0 fully saturated rings. The van der Waals surface area contributed by atoms with Gasteiger partial charge >= 0.3 is 5.95 Å². The van der Waals surface area contributed by atoms with E-state index in [2.05, 4.69) is 30.9 Å². The molecule has 0 spiro atoms. The number of rotatable bonds is 3. The molecule has 4 aromatic rings. The number of aromatic amines is 1. The largest absolute Gasteiger partial charge is 0.496 e. The number of hydrogen-bond acceptors (Lipinski definition) is 5. The molecule has 7 nitrogen and oxygen atoms in total. The van der Waals surface area contributed by atoms with Crippen LogP contribution in [0.15, 0.2) is 36.8 Å². The average Bonchev–Trinajstić information content (AvgIpc) is 3.18. The number of ether oxygens (including phenoxy) is 1. The number of nitrogens with zero attached hydrogens (tertiary/aromatic N) is 5. The van der Waals surface area contributed by atoms with Crippen molar-refractivity contribution in [3.8, 4) is 34.2 Å². The van der Waals surface area contributed by atoms with Gasteiger partial charge in [-0.25, -0.2) is 4.98 Å². The Bertz CT molecular complexity index is 1320. The summed E-state index contributed by atoms with van der Waals surface area (Å²) in [5.41, 5.74) is 6.31. The maximum Gasteiger partial charge on any atom is 0.371 e. The molecular weight excluding hydrogens is 364 g/mol. The van der Waals surface area contributed by atoms with Gasteiger partial charge in [0, 0.05) is 17.1 Å². The van der Waals surface area contributed by atoms with Crippen molar-refractivity contribution in [1.29, 1.82) is 5.26 Å². The van der Waals surface area contributed by atoms with Crippen molar-refractivity contribution in [1.82, 2.24) is 19.9 Å². The first-order valence-electron chi connectivity index (χ1n) is 8.83. The molecule has 0 aliphatic rings. The van der Waals surface area contributed by atoms with Crippen LogP contribution in [0.3, 0.4) is 0 Å². The quantitative estimate of drug-likeness (QED) is 0.519. The summed E-state index contributed by atoms with van der Waals surface area (Å²) in [5.74, 6) is 0.855.